The van der Waals surface area contributed by atoms with Crippen molar-refractivity contribution in [1.29, 1.82) is 0 Å². The van der Waals surface area contributed by atoms with Gasteiger partial charge < -0.3 is 5.73 Å². The number of benzene rings is 2. The Morgan fingerprint density at radius 3 is 2.59 bits per heavy atom. The molecule has 2 N–H and O–H groups in total. The largest absolute Gasteiger partial charge is 0.387 e. The molecule has 2 aromatic carbocycles. The number of nitrogens with two attached hydrogens (primary N) is 1. The van der Waals surface area contributed by atoms with Crippen molar-refractivity contribution in [3.05, 3.63) is 52.1 Å². The number of rotatable bonds is 0. The Morgan fingerprint density at radius 2 is 1.82 bits per heavy atom. The highest BCUT2D eigenvalue weighted by atomic mass is 79.9. The maximum Gasteiger partial charge on any atom is 0.108 e. The number of halogens is 1. The number of nitrogens with zero attached hydrogens (tertiary/aromatic N) is 1. The molecule has 1 aliphatic rings. The molecule has 0 spiro atoms. The van der Waals surface area contributed by atoms with Gasteiger partial charge in [0.05, 0.1) is 0 Å². The molecule has 1 heterocycles. The second-order valence-electron chi connectivity index (χ2n) is 4.15. The molecule has 0 unspecified atom stereocenters. The molecule has 0 saturated carbocycles. The molecule has 2 nitrogen and oxygen atoms in total. The van der Waals surface area contributed by atoms with Crippen LogP contribution in [0.4, 0.5) is 0 Å². The first-order valence-corrected chi connectivity index (χ1v) is 6.23. The van der Waals surface area contributed by atoms with Gasteiger partial charge in [0.25, 0.3) is 0 Å². The van der Waals surface area contributed by atoms with Crippen LogP contribution in [0.5, 0.6) is 0 Å². The zero-order chi connectivity index (χ0) is 11.8. The fourth-order valence-corrected chi connectivity index (χ4v) is 2.60. The van der Waals surface area contributed by atoms with Crippen LogP contribution < -0.4 is 5.73 Å². The van der Waals surface area contributed by atoms with Crippen molar-refractivity contribution in [3.63, 3.8) is 0 Å². The van der Waals surface area contributed by atoms with Gasteiger partial charge in [0.2, 0.25) is 0 Å². The first kappa shape index (κ1) is 10.5. The van der Waals surface area contributed by atoms with Crippen LogP contribution in [-0.2, 0) is 6.42 Å². The van der Waals surface area contributed by atoms with Crippen LogP contribution in [0, 0.1) is 0 Å². The lowest BCUT2D eigenvalue weighted by Crippen LogP contribution is -2.14. The van der Waals surface area contributed by atoms with Gasteiger partial charge in [-0.25, -0.2) is 4.99 Å². The van der Waals surface area contributed by atoms with E-state index in [1.54, 1.807) is 0 Å². The van der Waals surface area contributed by atoms with E-state index in [4.69, 9.17) is 5.73 Å². The SMILES string of the molecule is NC1=NC(Br)=Cc2cc3ccccc3cc2C1. The van der Waals surface area contributed by atoms with Crippen LogP contribution in [0.25, 0.3) is 16.8 Å². The third-order valence-corrected chi connectivity index (χ3v) is 3.31. The minimum atomic E-state index is 0.641. The highest BCUT2D eigenvalue weighted by molar-refractivity contribution is 9.11. The smallest absolute Gasteiger partial charge is 0.108 e. The van der Waals surface area contributed by atoms with Crippen molar-refractivity contribution >= 4 is 38.6 Å². The van der Waals surface area contributed by atoms with Crippen molar-refractivity contribution in [2.45, 2.75) is 6.42 Å². The highest BCUT2D eigenvalue weighted by Gasteiger charge is 2.09. The molecule has 17 heavy (non-hydrogen) atoms. The molecule has 3 rings (SSSR count). The van der Waals surface area contributed by atoms with Gasteiger partial charge in [0.1, 0.15) is 10.4 Å². The molecular formula is C14H11BrN2. The quantitative estimate of drug-likeness (QED) is 0.740. The van der Waals surface area contributed by atoms with Gasteiger partial charge >= 0.3 is 0 Å². The van der Waals surface area contributed by atoms with Crippen LogP contribution in [0.2, 0.25) is 0 Å². The summed E-state index contributed by atoms with van der Waals surface area (Å²) in [6.45, 7) is 0. The van der Waals surface area contributed by atoms with E-state index in [1.165, 1.54) is 21.9 Å². The van der Waals surface area contributed by atoms with Gasteiger partial charge in [0.15, 0.2) is 0 Å². The van der Waals surface area contributed by atoms with E-state index in [-0.39, 0.29) is 0 Å². The molecule has 0 atom stereocenters. The monoisotopic (exact) mass is 286 g/mol. The van der Waals surface area contributed by atoms with Crippen LogP contribution in [0.3, 0.4) is 0 Å². The van der Waals surface area contributed by atoms with Gasteiger partial charge in [-0.15, -0.1) is 0 Å². The molecule has 0 aromatic heterocycles. The summed E-state index contributed by atoms with van der Waals surface area (Å²) >= 11 is 3.41. The lowest BCUT2D eigenvalue weighted by Gasteiger charge is -2.06. The zero-order valence-corrected chi connectivity index (χ0v) is 10.7. The first-order valence-electron chi connectivity index (χ1n) is 5.44. The van der Waals surface area contributed by atoms with Crippen molar-refractivity contribution in [3.8, 4) is 0 Å². The van der Waals surface area contributed by atoms with E-state index in [9.17, 15) is 0 Å². The highest BCUT2D eigenvalue weighted by Crippen LogP contribution is 2.26. The molecule has 0 aliphatic carbocycles. The van der Waals surface area contributed by atoms with Gasteiger partial charge in [-0.2, -0.15) is 0 Å². The molecule has 3 heteroatoms. The lowest BCUT2D eigenvalue weighted by molar-refractivity contribution is 1.29. The van der Waals surface area contributed by atoms with Crippen LogP contribution in [0.15, 0.2) is 46.0 Å². The number of amidine groups is 1. The van der Waals surface area contributed by atoms with E-state index in [1.807, 2.05) is 6.08 Å². The van der Waals surface area contributed by atoms with Crippen LogP contribution in [-0.4, -0.2) is 5.84 Å². The van der Waals surface area contributed by atoms with E-state index in [2.05, 4.69) is 57.3 Å². The molecule has 0 bridgehead atoms. The molecule has 0 fully saturated rings. The minimum absolute atomic E-state index is 0.641. The first-order chi connectivity index (χ1) is 8.22. The summed E-state index contributed by atoms with van der Waals surface area (Å²) in [7, 11) is 0. The summed E-state index contributed by atoms with van der Waals surface area (Å²) in [4.78, 5) is 4.25. The van der Waals surface area contributed by atoms with E-state index in [0.717, 1.165) is 4.61 Å². The van der Waals surface area contributed by atoms with Crippen molar-refractivity contribution in [1.82, 2.24) is 0 Å². The maximum absolute atomic E-state index is 5.86. The van der Waals surface area contributed by atoms with Gasteiger partial charge in [-0.3, -0.25) is 0 Å². The van der Waals surface area contributed by atoms with Crippen LogP contribution in [0.1, 0.15) is 11.1 Å². The topological polar surface area (TPSA) is 38.4 Å². The normalized spacial score (nSPS) is 14.9. The molecule has 0 radical (unpaired) electrons. The molecule has 1 aliphatic heterocycles. The molecule has 0 saturated heterocycles. The summed E-state index contributed by atoms with van der Waals surface area (Å²) in [5.74, 6) is 0.641. The Hall–Kier alpha value is -1.61. The van der Waals surface area contributed by atoms with E-state index >= 15 is 0 Å². The standard InChI is InChI=1S/C14H11BrN2/c15-13-7-11-5-9-3-1-2-4-10(9)6-12(11)8-14(16)17-13/h1-7H,8H2,(H2,16,17). The maximum atomic E-state index is 5.86. The zero-order valence-electron chi connectivity index (χ0n) is 9.15. The number of hydrogen-bond acceptors (Lipinski definition) is 2. The van der Waals surface area contributed by atoms with E-state index in [0.29, 0.717) is 12.3 Å². The summed E-state index contributed by atoms with van der Waals surface area (Å²) in [5, 5.41) is 2.48. The third kappa shape index (κ3) is 1.98. The number of fused-ring (bicyclic) bond motifs is 2. The van der Waals surface area contributed by atoms with Gasteiger partial charge in [-0.1, -0.05) is 30.3 Å². The van der Waals surface area contributed by atoms with Gasteiger partial charge in [-0.05, 0) is 50.0 Å². The summed E-state index contributed by atoms with van der Waals surface area (Å²) in [5.41, 5.74) is 8.27. The Balaban J connectivity index is 2.28. The summed E-state index contributed by atoms with van der Waals surface area (Å²) in [6.07, 6.45) is 2.72. The Morgan fingerprint density at radius 1 is 1.12 bits per heavy atom. The second-order valence-corrected chi connectivity index (χ2v) is 4.96. The Labute approximate surface area is 108 Å². The molecule has 0 amide bonds. The minimum Gasteiger partial charge on any atom is -0.387 e. The summed E-state index contributed by atoms with van der Waals surface area (Å²) < 4.78 is 0.782. The molecule has 2 aromatic rings. The predicted molar refractivity (Wildman–Crippen MR) is 76.2 cm³/mol. The van der Waals surface area contributed by atoms with E-state index < -0.39 is 0 Å². The average Bonchev–Trinajstić information content (AvgIpc) is 2.42. The average molecular weight is 287 g/mol. The Bertz CT molecular complexity index is 656. The van der Waals surface area contributed by atoms with Crippen molar-refractivity contribution in [2.24, 2.45) is 10.7 Å². The van der Waals surface area contributed by atoms with Crippen LogP contribution >= 0.6 is 15.9 Å². The number of hydrogen-bond donors (Lipinski definition) is 1. The molecular weight excluding hydrogens is 276 g/mol. The molecule has 84 valence electrons. The van der Waals surface area contributed by atoms with Gasteiger partial charge in [0, 0.05) is 6.42 Å². The third-order valence-electron chi connectivity index (χ3n) is 2.90. The second kappa shape index (κ2) is 4.00. The lowest BCUT2D eigenvalue weighted by atomic mass is 9.99. The Kier molecular flexibility index (Phi) is 2.48. The summed E-state index contributed by atoms with van der Waals surface area (Å²) in [6, 6.07) is 12.7. The van der Waals surface area contributed by atoms with Crippen molar-refractivity contribution in [2.75, 3.05) is 0 Å². The van der Waals surface area contributed by atoms with Crippen molar-refractivity contribution < 1.29 is 0 Å². The number of aliphatic imine (C=N–C) groups is 1. The fraction of sp³-hybridized carbons (Fsp3) is 0.0714. The fourth-order valence-electron chi connectivity index (χ4n) is 2.12. The predicted octanol–water partition coefficient (Wildman–Crippen LogP) is 3.45.